The molecule has 2 aromatic rings. The molecule has 0 radical (unpaired) electrons. The molecule has 4 heteroatoms. The Morgan fingerprint density at radius 3 is 2.67 bits per heavy atom. The highest BCUT2D eigenvalue weighted by Gasteiger charge is 2.15. The van der Waals surface area contributed by atoms with Crippen LogP contribution in [0.3, 0.4) is 0 Å². The maximum Gasteiger partial charge on any atom is 0.138 e. The minimum Gasteiger partial charge on any atom is -0.310 e. The van der Waals surface area contributed by atoms with E-state index in [4.69, 9.17) is 0 Å². The van der Waals surface area contributed by atoms with Crippen molar-refractivity contribution in [2.45, 2.75) is 53.1 Å². The van der Waals surface area contributed by atoms with Gasteiger partial charge < -0.3 is 5.32 Å². The number of aryl methyl sites for hydroxylation is 3. The molecule has 0 aliphatic carbocycles. The summed E-state index contributed by atoms with van der Waals surface area (Å²) in [7, 11) is 0. The van der Waals surface area contributed by atoms with Crippen LogP contribution in [0.2, 0.25) is 0 Å². The predicted octanol–water partition coefficient (Wildman–Crippen LogP) is 3.20. The SMILES string of the molecule is CCCNC(Cc1ncnn1CC)c1ccc(C)c(C)c1. The van der Waals surface area contributed by atoms with E-state index in [-0.39, 0.29) is 0 Å². The molecule has 0 bridgehead atoms. The van der Waals surface area contributed by atoms with E-state index in [0.717, 1.165) is 31.8 Å². The van der Waals surface area contributed by atoms with E-state index in [2.05, 4.69) is 61.3 Å². The van der Waals surface area contributed by atoms with Crippen molar-refractivity contribution in [2.24, 2.45) is 0 Å². The smallest absolute Gasteiger partial charge is 0.138 e. The first-order valence-electron chi connectivity index (χ1n) is 7.82. The van der Waals surface area contributed by atoms with Gasteiger partial charge in [-0.3, -0.25) is 4.68 Å². The van der Waals surface area contributed by atoms with Crippen molar-refractivity contribution in [1.29, 1.82) is 0 Å². The number of nitrogens with zero attached hydrogens (tertiary/aromatic N) is 3. The van der Waals surface area contributed by atoms with Crippen LogP contribution < -0.4 is 5.32 Å². The van der Waals surface area contributed by atoms with Gasteiger partial charge in [0.1, 0.15) is 12.2 Å². The van der Waals surface area contributed by atoms with E-state index < -0.39 is 0 Å². The van der Waals surface area contributed by atoms with Crippen molar-refractivity contribution in [3.8, 4) is 0 Å². The van der Waals surface area contributed by atoms with Crippen LogP contribution in [0.15, 0.2) is 24.5 Å². The number of rotatable bonds is 7. The molecular weight excluding hydrogens is 260 g/mol. The summed E-state index contributed by atoms with van der Waals surface area (Å²) in [5.41, 5.74) is 4.01. The van der Waals surface area contributed by atoms with Gasteiger partial charge in [0.05, 0.1) is 0 Å². The van der Waals surface area contributed by atoms with Crippen molar-refractivity contribution in [1.82, 2.24) is 20.1 Å². The van der Waals surface area contributed by atoms with E-state index >= 15 is 0 Å². The molecule has 2 rings (SSSR count). The van der Waals surface area contributed by atoms with Gasteiger partial charge >= 0.3 is 0 Å². The summed E-state index contributed by atoms with van der Waals surface area (Å²) >= 11 is 0. The van der Waals surface area contributed by atoms with Crippen LogP contribution >= 0.6 is 0 Å². The largest absolute Gasteiger partial charge is 0.310 e. The van der Waals surface area contributed by atoms with Crippen molar-refractivity contribution in [3.63, 3.8) is 0 Å². The maximum atomic E-state index is 4.41. The van der Waals surface area contributed by atoms with Crippen molar-refractivity contribution < 1.29 is 0 Å². The topological polar surface area (TPSA) is 42.7 Å². The molecule has 1 heterocycles. The highest BCUT2D eigenvalue weighted by Crippen LogP contribution is 2.20. The Balaban J connectivity index is 2.23. The molecule has 0 aliphatic heterocycles. The Hall–Kier alpha value is -1.68. The summed E-state index contributed by atoms with van der Waals surface area (Å²) in [5, 5.41) is 7.91. The number of aromatic nitrogens is 3. The molecule has 21 heavy (non-hydrogen) atoms. The molecule has 1 aromatic carbocycles. The fourth-order valence-corrected chi connectivity index (χ4v) is 2.50. The molecule has 0 saturated carbocycles. The van der Waals surface area contributed by atoms with Crippen LogP contribution in [0, 0.1) is 13.8 Å². The summed E-state index contributed by atoms with van der Waals surface area (Å²) < 4.78 is 1.97. The van der Waals surface area contributed by atoms with Crippen molar-refractivity contribution in [2.75, 3.05) is 6.54 Å². The molecule has 0 aliphatic rings. The van der Waals surface area contributed by atoms with Crippen molar-refractivity contribution in [3.05, 3.63) is 47.0 Å². The molecule has 0 amide bonds. The van der Waals surface area contributed by atoms with Gasteiger partial charge in [0.15, 0.2) is 0 Å². The Labute approximate surface area is 127 Å². The van der Waals surface area contributed by atoms with Crippen LogP contribution in [0.25, 0.3) is 0 Å². The minimum atomic E-state index is 0.291. The highest BCUT2D eigenvalue weighted by atomic mass is 15.3. The minimum absolute atomic E-state index is 0.291. The second-order valence-electron chi connectivity index (χ2n) is 5.55. The van der Waals surface area contributed by atoms with Crippen LogP contribution in [0.5, 0.6) is 0 Å². The van der Waals surface area contributed by atoms with Crippen LogP contribution in [-0.4, -0.2) is 21.3 Å². The summed E-state index contributed by atoms with van der Waals surface area (Å²) in [6.07, 6.45) is 3.65. The molecule has 114 valence electrons. The lowest BCUT2D eigenvalue weighted by Crippen LogP contribution is -2.25. The van der Waals surface area contributed by atoms with E-state index in [1.165, 1.54) is 16.7 Å². The lowest BCUT2D eigenvalue weighted by atomic mass is 9.98. The fourth-order valence-electron chi connectivity index (χ4n) is 2.50. The van der Waals surface area contributed by atoms with Gasteiger partial charge in [-0.05, 0) is 50.4 Å². The second-order valence-corrected chi connectivity index (χ2v) is 5.55. The third-order valence-corrected chi connectivity index (χ3v) is 3.96. The zero-order valence-corrected chi connectivity index (χ0v) is 13.6. The van der Waals surface area contributed by atoms with E-state index in [9.17, 15) is 0 Å². The summed E-state index contributed by atoms with van der Waals surface area (Å²) in [6.45, 7) is 10.5. The predicted molar refractivity (Wildman–Crippen MR) is 86.4 cm³/mol. The second kappa shape index (κ2) is 7.36. The van der Waals surface area contributed by atoms with Crippen LogP contribution in [0.1, 0.15) is 48.8 Å². The molecule has 0 saturated heterocycles. The van der Waals surface area contributed by atoms with Gasteiger partial charge in [-0.15, -0.1) is 0 Å². The maximum absolute atomic E-state index is 4.41. The molecule has 0 spiro atoms. The normalized spacial score (nSPS) is 12.6. The highest BCUT2D eigenvalue weighted by molar-refractivity contribution is 5.32. The Morgan fingerprint density at radius 1 is 1.19 bits per heavy atom. The Bertz CT molecular complexity index is 574. The lowest BCUT2D eigenvalue weighted by molar-refractivity contribution is 0.496. The molecule has 1 unspecified atom stereocenters. The molecular formula is C17H26N4. The van der Waals surface area contributed by atoms with E-state index in [1.54, 1.807) is 6.33 Å². The molecule has 0 fully saturated rings. The monoisotopic (exact) mass is 286 g/mol. The third-order valence-electron chi connectivity index (χ3n) is 3.96. The summed E-state index contributed by atoms with van der Waals surface area (Å²) in [4.78, 5) is 4.41. The van der Waals surface area contributed by atoms with Crippen LogP contribution in [0.4, 0.5) is 0 Å². The lowest BCUT2D eigenvalue weighted by Gasteiger charge is -2.20. The zero-order chi connectivity index (χ0) is 15.2. The van der Waals surface area contributed by atoms with Gasteiger partial charge in [-0.1, -0.05) is 25.1 Å². The van der Waals surface area contributed by atoms with E-state index in [0.29, 0.717) is 6.04 Å². The average Bonchev–Trinajstić information content (AvgIpc) is 2.93. The summed E-state index contributed by atoms with van der Waals surface area (Å²) in [6, 6.07) is 7.01. The zero-order valence-electron chi connectivity index (χ0n) is 13.6. The summed E-state index contributed by atoms with van der Waals surface area (Å²) in [5.74, 6) is 1.05. The van der Waals surface area contributed by atoms with Gasteiger partial charge in [-0.25, -0.2) is 4.98 Å². The standard InChI is InChI=1S/C17H26N4/c1-5-9-18-16(11-17-19-12-20-21(17)6-2)15-8-7-13(3)14(4)10-15/h7-8,10,12,16,18H,5-6,9,11H2,1-4H3. The number of nitrogens with one attached hydrogen (secondary N) is 1. The number of hydrogen-bond acceptors (Lipinski definition) is 3. The Kier molecular flexibility index (Phi) is 5.51. The average molecular weight is 286 g/mol. The van der Waals surface area contributed by atoms with Crippen molar-refractivity contribution >= 4 is 0 Å². The number of benzene rings is 1. The van der Waals surface area contributed by atoms with Gasteiger partial charge in [0.25, 0.3) is 0 Å². The molecule has 1 N–H and O–H groups in total. The molecule has 1 aromatic heterocycles. The fraction of sp³-hybridized carbons (Fsp3) is 0.529. The van der Waals surface area contributed by atoms with Gasteiger partial charge in [0.2, 0.25) is 0 Å². The first-order valence-corrected chi connectivity index (χ1v) is 7.82. The van der Waals surface area contributed by atoms with Gasteiger partial charge in [-0.2, -0.15) is 5.10 Å². The van der Waals surface area contributed by atoms with Crippen LogP contribution in [-0.2, 0) is 13.0 Å². The van der Waals surface area contributed by atoms with Gasteiger partial charge in [0, 0.05) is 19.0 Å². The molecule has 4 nitrogen and oxygen atoms in total. The first-order chi connectivity index (χ1) is 10.2. The van der Waals surface area contributed by atoms with E-state index in [1.807, 2.05) is 4.68 Å². The Morgan fingerprint density at radius 2 is 2.00 bits per heavy atom. The third kappa shape index (κ3) is 3.91. The molecule has 1 atom stereocenters. The first kappa shape index (κ1) is 15.7. The number of hydrogen-bond donors (Lipinski definition) is 1. The quantitative estimate of drug-likeness (QED) is 0.850.